The van der Waals surface area contributed by atoms with Gasteiger partial charge in [-0.25, -0.2) is 5.43 Å². The molecule has 0 saturated carbocycles. The minimum atomic E-state index is -0.283. The molecule has 0 fully saturated rings. The number of rotatable bonds is 7. The number of benzene rings is 3. The summed E-state index contributed by atoms with van der Waals surface area (Å²) in [6, 6.07) is 23.1. The van der Waals surface area contributed by atoms with Crippen molar-refractivity contribution >= 4 is 47.1 Å². The summed E-state index contributed by atoms with van der Waals surface area (Å²) in [4.78, 5) is 12.4. The number of aryl methyl sites for hydroxylation is 1. The zero-order chi connectivity index (χ0) is 23.2. The monoisotopic (exact) mass is 495 g/mol. The summed E-state index contributed by atoms with van der Waals surface area (Å²) in [7, 11) is 0. The van der Waals surface area contributed by atoms with Crippen LogP contribution in [0.15, 0.2) is 83.1 Å². The molecule has 9 heteroatoms. The standard InChI is InChI=1S/C24H19Cl2N5OS/c1-16-10-12-17(13-11-16)23-29-30-24(31(23)19-7-3-2-4-8-19)33-15-21(32)28-27-14-18-6-5-9-20(25)22(18)26/h2-14H,15H2,1H3,(H,28,32)/b27-14+. The second-order valence-corrected chi connectivity index (χ2v) is 8.80. The van der Waals surface area contributed by atoms with Gasteiger partial charge < -0.3 is 0 Å². The maximum absolute atomic E-state index is 12.4. The van der Waals surface area contributed by atoms with Crippen LogP contribution in [0, 0.1) is 6.92 Å². The van der Waals surface area contributed by atoms with Crippen LogP contribution in [0.1, 0.15) is 11.1 Å². The maximum Gasteiger partial charge on any atom is 0.250 e. The number of carbonyl (C=O) groups excluding carboxylic acids is 1. The van der Waals surface area contributed by atoms with Gasteiger partial charge in [-0.2, -0.15) is 5.10 Å². The zero-order valence-electron chi connectivity index (χ0n) is 17.6. The van der Waals surface area contributed by atoms with Crippen molar-refractivity contribution in [2.24, 2.45) is 5.10 Å². The van der Waals surface area contributed by atoms with Crippen LogP contribution in [0.3, 0.4) is 0 Å². The fourth-order valence-electron chi connectivity index (χ4n) is 3.02. The molecule has 4 aromatic rings. The lowest BCUT2D eigenvalue weighted by Crippen LogP contribution is -2.20. The van der Waals surface area contributed by atoms with Gasteiger partial charge in [0.05, 0.1) is 22.0 Å². The van der Waals surface area contributed by atoms with Crippen LogP contribution >= 0.6 is 35.0 Å². The third-order valence-electron chi connectivity index (χ3n) is 4.66. The van der Waals surface area contributed by atoms with Gasteiger partial charge in [0.1, 0.15) is 0 Å². The summed E-state index contributed by atoms with van der Waals surface area (Å²) < 4.78 is 1.94. The molecule has 4 rings (SSSR count). The molecule has 0 spiro atoms. The van der Waals surface area contributed by atoms with Crippen LogP contribution in [0.4, 0.5) is 0 Å². The smallest absolute Gasteiger partial charge is 0.250 e. The molecule has 1 amide bonds. The Labute approximate surface area is 205 Å². The molecule has 1 aromatic heterocycles. The lowest BCUT2D eigenvalue weighted by atomic mass is 10.1. The molecular weight excluding hydrogens is 477 g/mol. The van der Waals surface area contributed by atoms with Crippen LogP contribution in [0.2, 0.25) is 10.0 Å². The molecule has 0 saturated heterocycles. The first-order valence-electron chi connectivity index (χ1n) is 9.99. The highest BCUT2D eigenvalue weighted by atomic mass is 35.5. The van der Waals surface area contributed by atoms with E-state index in [1.165, 1.54) is 18.0 Å². The fourth-order valence-corrected chi connectivity index (χ4v) is 4.12. The molecule has 166 valence electrons. The molecule has 0 unspecified atom stereocenters. The average Bonchev–Trinajstić information content (AvgIpc) is 3.25. The van der Waals surface area contributed by atoms with Crippen molar-refractivity contribution in [3.05, 3.63) is 94.0 Å². The van der Waals surface area contributed by atoms with Crippen LogP contribution in [-0.2, 0) is 4.79 Å². The van der Waals surface area contributed by atoms with E-state index in [0.29, 0.717) is 26.6 Å². The lowest BCUT2D eigenvalue weighted by molar-refractivity contribution is -0.118. The Balaban J connectivity index is 1.50. The highest BCUT2D eigenvalue weighted by Crippen LogP contribution is 2.28. The third-order valence-corrected chi connectivity index (χ3v) is 6.43. The van der Waals surface area contributed by atoms with E-state index in [-0.39, 0.29) is 11.7 Å². The van der Waals surface area contributed by atoms with Crippen molar-refractivity contribution in [3.63, 3.8) is 0 Å². The molecule has 6 nitrogen and oxygen atoms in total. The van der Waals surface area contributed by atoms with E-state index in [0.717, 1.165) is 16.8 Å². The SMILES string of the molecule is Cc1ccc(-c2nnc(SCC(=O)N/N=C/c3cccc(Cl)c3Cl)n2-c2ccccc2)cc1. The van der Waals surface area contributed by atoms with Crippen molar-refractivity contribution in [2.45, 2.75) is 12.1 Å². The topological polar surface area (TPSA) is 72.2 Å². The van der Waals surface area contributed by atoms with Gasteiger partial charge in [0, 0.05) is 16.8 Å². The summed E-state index contributed by atoms with van der Waals surface area (Å²) in [5, 5.41) is 14.1. The van der Waals surface area contributed by atoms with Crippen molar-refractivity contribution < 1.29 is 4.79 Å². The molecule has 0 aliphatic rings. The van der Waals surface area contributed by atoms with Crippen LogP contribution < -0.4 is 5.43 Å². The second kappa shape index (κ2) is 10.7. The van der Waals surface area contributed by atoms with E-state index in [2.05, 4.69) is 20.7 Å². The fraction of sp³-hybridized carbons (Fsp3) is 0.0833. The van der Waals surface area contributed by atoms with Gasteiger partial charge in [-0.1, -0.05) is 95.1 Å². The largest absolute Gasteiger partial charge is 0.272 e. The quantitative estimate of drug-likeness (QED) is 0.200. The first kappa shape index (κ1) is 23.0. The summed E-state index contributed by atoms with van der Waals surface area (Å²) in [5.74, 6) is 0.533. The first-order chi connectivity index (χ1) is 16.0. The van der Waals surface area contributed by atoms with Gasteiger partial charge in [0.15, 0.2) is 11.0 Å². The summed E-state index contributed by atoms with van der Waals surface area (Å²) >= 11 is 13.4. The Bertz CT molecular complexity index is 1290. The van der Waals surface area contributed by atoms with Crippen LogP contribution in [-0.4, -0.2) is 32.6 Å². The van der Waals surface area contributed by atoms with E-state index >= 15 is 0 Å². The number of aromatic nitrogens is 3. The normalized spacial score (nSPS) is 11.1. The van der Waals surface area contributed by atoms with Gasteiger partial charge in [0.2, 0.25) is 0 Å². The van der Waals surface area contributed by atoms with Crippen molar-refractivity contribution in [2.75, 3.05) is 5.75 Å². The zero-order valence-corrected chi connectivity index (χ0v) is 19.9. The molecule has 1 heterocycles. The summed E-state index contributed by atoms with van der Waals surface area (Å²) in [6.07, 6.45) is 1.46. The Kier molecular flexibility index (Phi) is 7.44. The molecular formula is C24H19Cl2N5OS. The van der Waals surface area contributed by atoms with Gasteiger partial charge in [-0.3, -0.25) is 9.36 Å². The molecule has 0 radical (unpaired) electrons. The number of nitrogens with zero attached hydrogens (tertiary/aromatic N) is 4. The molecule has 1 N–H and O–H groups in total. The van der Waals surface area contributed by atoms with E-state index in [9.17, 15) is 4.79 Å². The Hall–Kier alpha value is -3.13. The number of para-hydroxylation sites is 1. The molecule has 33 heavy (non-hydrogen) atoms. The highest BCUT2D eigenvalue weighted by Gasteiger charge is 2.17. The number of carbonyl (C=O) groups is 1. The highest BCUT2D eigenvalue weighted by molar-refractivity contribution is 7.99. The van der Waals surface area contributed by atoms with Crippen LogP contribution in [0.25, 0.3) is 17.1 Å². The van der Waals surface area contributed by atoms with E-state index < -0.39 is 0 Å². The van der Waals surface area contributed by atoms with E-state index in [1.54, 1.807) is 18.2 Å². The van der Waals surface area contributed by atoms with Crippen molar-refractivity contribution in [1.82, 2.24) is 20.2 Å². The van der Waals surface area contributed by atoms with Gasteiger partial charge in [-0.15, -0.1) is 10.2 Å². The lowest BCUT2D eigenvalue weighted by Gasteiger charge is -2.10. The van der Waals surface area contributed by atoms with Gasteiger partial charge in [0.25, 0.3) is 5.91 Å². The second-order valence-electron chi connectivity index (χ2n) is 7.07. The average molecular weight is 496 g/mol. The minimum Gasteiger partial charge on any atom is -0.272 e. The molecule has 0 aliphatic carbocycles. The Morgan fingerprint density at radius 1 is 1.03 bits per heavy atom. The molecule has 0 bridgehead atoms. The van der Waals surface area contributed by atoms with Crippen LogP contribution in [0.5, 0.6) is 0 Å². The number of amides is 1. The van der Waals surface area contributed by atoms with Gasteiger partial charge in [-0.05, 0) is 25.1 Å². The Morgan fingerprint density at radius 3 is 2.55 bits per heavy atom. The number of halogens is 2. The molecule has 0 aliphatic heterocycles. The summed E-state index contributed by atoms with van der Waals surface area (Å²) in [5.41, 5.74) is 6.13. The maximum atomic E-state index is 12.4. The summed E-state index contributed by atoms with van der Waals surface area (Å²) in [6.45, 7) is 2.04. The number of nitrogens with one attached hydrogen (secondary N) is 1. The number of hydrogen-bond donors (Lipinski definition) is 1. The van der Waals surface area contributed by atoms with Gasteiger partial charge >= 0.3 is 0 Å². The number of thioether (sulfide) groups is 1. The minimum absolute atomic E-state index is 0.111. The number of hydrazone groups is 1. The van der Waals surface area contributed by atoms with E-state index in [1.807, 2.05) is 66.1 Å². The molecule has 0 atom stereocenters. The predicted octanol–water partition coefficient (Wildman–Crippen LogP) is 5.79. The molecule has 3 aromatic carbocycles. The number of hydrogen-bond acceptors (Lipinski definition) is 5. The predicted molar refractivity (Wildman–Crippen MR) is 134 cm³/mol. The first-order valence-corrected chi connectivity index (χ1v) is 11.7. The third kappa shape index (κ3) is 5.63. The Morgan fingerprint density at radius 2 is 1.79 bits per heavy atom. The van der Waals surface area contributed by atoms with Crippen molar-refractivity contribution in [3.8, 4) is 17.1 Å². The van der Waals surface area contributed by atoms with Crippen molar-refractivity contribution in [1.29, 1.82) is 0 Å². The van der Waals surface area contributed by atoms with E-state index in [4.69, 9.17) is 23.2 Å².